The Hall–Kier alpha value is -3.92. The number of anilines is 2. The van der Waals surface area contributed by atoms with E-state index in [0.29, 0.717) is 51.9 Å². The Labute approximate surface area is 224 Å². The Morgan fingerprint density at radius 3 is 2.45 bits per heavy atom. The first-order chi connectivity index (χ1) is 18.2. The summed E-state index contributed by atoms with van der Waals surface area (Å²) in [5.41, 5.74) is 2.74. The summed E-state index contributed by atoms with van der Waals surface area (Å²) in [5.74, 6) is -2.34. The maximum atomic E-state index is 12.9. The molecule has 1 aromatic carbocycles. The van der Waals surface area contributed by atoms with Gasteiger partial charge in [-0.25, -0.2) is 9.78 Å². The fourth-order valence-electron chi connectivity index (χ4n) is 4.64. The average Bonchev–Trinajstić information content (AvgIpc) is 3.24. The summed E-state index contributed by atoms with van der Waals surface area (Å²) in [7, 11) is 0. The van der Waals surface area contributed by atoms with E-state index in [1.54, 1.807) is 57.2 Å². The maximum absolute atomic E-state index is 12.9. The molecule has 10 nitrogen and oxygen atoms in total. The quantitative estimate of drug-likeness (QED) is 0.324. The summed E-state index contributed by atoms with van der Waals surface area (Å²) in [6, 6.07) is 10.4. The van der Waals surface area contributed by atoms with Crippen LogP contribution in [0.5, 0.6) is 0 Å². The summed E-state index contributed by atoms with van der Waals surface area (Å²) in [6.07, 6.45) is 1.33. The van der Waals surface area contributed by atoms with Crippen LogP contribution in [0.1, 0.15) is 55.7 Å². The van der Waals surface area contributed by atoms with Gasteiger partial charge in [0.2, 0.25) is 11.7 Å². The number of hydrogen-bond acceptors (Lipinski definition) is 7. The molecule has 3 aromatic rings. The van der Waals surface area contributed by atoms with E-state index in [-0.39, 0.29) is 11.7 Å². The highest BCUT2D eigenvalue weighted by molar-refractivity contribution is 6.31. The van der Waals surface area contributed by atoms with Crippen molar-refractivity contribution in [1.82, 2.24) is 10.1 Å². The van der Waals surface area contributed by atoms with Crippen LogP contribution in [0.4, 0.5) is 16.2 Å². The minimum absolute atomic E-state index is 0.226. The molecule has 0 radical (unpaired) electrons. The molecule has 2 aromatic heterocycles. The van der Waals surface area contributed by atoms with Crippen LogP contribution in [-0.2, 0) is 14.3 Å². The molecule has 0 unspecified atom stereocenters. The SMILES string of the molecule is Cc1nc(-c2onc(C)c2NC(=O)O[C@H](C)c2ccccc2Cl)ccc1NC(=O)[C@@H]1CCCC[C@H]1C(=O)O. The fraction of sp³-hybridized carbons (Fsp3) is 0.370. The highest BCUT2D eigenvalue weighted by Gasteiger charge is 2.36. The van der Waals surface area contributed by atoms with Crippen molar-refractivity contribution in [1.29, 1.82) is 0 Å². The number of pyridine rings is 1. The van der Waals surface area contributed by atoms with E-state index in [4.69, 9.17) is 20.9 Å². The molecular weight excluding hydrogens is 512 g/mol. The van der Waals surface area contributed by atoms with Gasteiger partial charge in [-0.1, -0.05) is 47.8 Å². The fourth-order valence-corrected chi connectivity index (χ4v) is 4.93. The molecule has 0 bridgehead atoms. The summed E-state index contributed by atoms with van der Waals surface area (Å²) >= 11 is 6.20. The third-order valence-electron chi connectivity index (χ3n) is 6.71. The number of carbonyl (C=O) groups excluding carboxylic acids is 2. The van der Waals surface area contributed by atoms with Gasteiger partial charge in [-0.15, -0.1) is 0 Å². The third kappa shape index (κ3) is 5.96. The van der Waals surface area contributed by atoms with Crippen LogP contribution in [-0.4, -0.2) is 33.2 Å². The molecule has 1 aliphatic carbocycles. The van der Waals surface area contributed by atoms with Gasteiger partial charge in [-0.3, -0.25) is 14.9 Å². The van der Waals surface area contributed by atoms with E-state index < -0.39 is 30.0 Å². The van der Waals surface area contributed by atoms with Crippen molar-refractivity contribution >= 4 is 40.9 Å². The Morgan fingerprint density at radius 2 is 1.76 bits per heavy atom. The number of nitrogens with zero attached hydrogens (tertiary/aromatic N) is 2. The number of aliphatic carboxylic acids is 1. The molecular formula is C27H29ClN4O6. The normalized spacial score (nSPS) is 17.9. The van der Waals surface area contributed by atoms with Crippen LogP contribution >= 0.6 is 11.6 Å². The monoisotopic (exact) mass is 540 g/mol. The first kappa shape index (κ1) is 27.1. The largest absolute Gasteiger partial charge is 0.481 e. The Bertz CT molecular complexity index is 1360. The van der Waals surface area contributed by atoms with Gasteiger partial charge >= 0.3 is 12.1 Å². The van der Waals surface area contributed by atoms with E-state index >= 15 is 0 Å². The number of carboxylic acids is 1. The van der Waals surface area contributed by atoms with E-state index in [1.807, 2.05) is 0 Å². The number of carbonyl (C=O) groups is 3. The van der Waals surface area contributed by atoms with Gasteiger partial charge in [-0.05, 0) is 51.8 Å². The highest BCUT2D eigenvalue weighted by atomic mass is 35.5. The molecule has 1 fully saturated rings. The molecule has 0 saturated heterocycles. The summed E-state index contributed by atoms with van der Waals surface area (Å²) in [5, 5.41) is 19.4. The molecule has 3 atom stereocenters. The predicted molar refractivity (Wildman–Crippen MR) is 141 cm³/mol. The first-order valence-corrected chi connectivity index (χ1v) is 12.7. The van der Waals surface area contributed by atoms with Crippen molar-refractivity contribution in [2.45, 2.75) is 52.6 Å². The lowest BCUT2D eigenvalue weighted by Gasteiger charge is -2.27. The van der Waals surface area contributed by atoms with Crippen molar-refractivity contribution in [3.63, 3.8) is 0 Å². The Kier molecular flexibility index (Phi) is 8.31. The molecule has 4 rings (SSSR count). The first-order valence-electron chi connectivity index (χ1n) is 12.4. The Morgan fingerprint density at radius 1 is 1.05 bits per heavy atom. The van der Waals surface area contributed by atoms with Crippen LogP contribution < -0.4 is 10.6 Å². The lowest BCUT2D eigenvalue weighted by molar-refractivity contribution is -0.147. The number of aromatic nitrogens is 2. The minimum Gasteiger partial charge on any atom is -0.481 e. The van der Waals surface area contributed by atoms with Crippen molar-refractivity contribution < 1.29 is 28.8 Å². The molecule has 1 saturated carbocycles. The van der Waals surface area contributed by atoms with Crippen LogP contribution in [0.15, 0.2) is 40.9 Å². The molecule has 0 aliphatic heterocycles. The molecule has 1 aliphatic rings. The van der Waals surface area contributed by atoms with Crippen LogP contribution in [0, 0.1) is 25.7 Å². The number of amides is 2. The van der Waals surface area contributed by atoms with Gasteiger partial charge in [0, 0.05) is 10.6 Å². The van der Waals surface area contributed by atoms with Gasteiger partial charge in [0.15, 0.2) is 0 Å². The second-order valence-corrected chi connectivity index (χ2v) is 9.73. The number of carboxylic acid groups (broad SMARTS) is 1. The second-order valence-electron chi connectivity index (χ2n) is 9.32. The molecule has 200 valence electrons. The molecule has 38 heavy (non-hydrogen) atoms. The molecule has 2 amide bonds. The summed E-state index contributed by atoms with van der Waals surface area (Å²) in [6.45, 7) is 5.10. The molecule has 2 heterocycles. The van der Waals surface area contributed by atoms with Gasteiger partial charge < -0.3 is 19.7 Å². The van der Waals surface area contributed by atoms with Crippen LogP contribution in [0.2, 0.25) is 5.02 Å². The van der Waals surface area contributed by atoms with Gasteiger partial charge in [0.1, 0.15) is 23.2 Å². The zero-order valence-electron chi connectivity index (χ0n) is 21.3. The standard InChI is InChI=1S/C27H29ClN4O6/c1-14-21(30-25(33)18-9-4-5-10-19(18)26(34)35)12-13-22(29-14)24-23(15(2)32-38-24)31-27(36)37-16(3)17-8-6-7-11-20(17)28/h6-8,11-13,16,18-19H,4-5,9-10H2,1-3H3,(H,30,33)(H,31,36)(H,34,35)/t16-,18-,19-/m1/s1. The number of aryl methyl sites for hydroxylation is 2. The molecule has 0 spiro atoms. The smallest absolute Gasteiger partial charge is 0.412 e. The lowest BCUT2D eigenvalue weighted by atomic mass is 9.78. The lowest BCUT2D eigenvalue weighted by Crippen LogP contribution is -2.36. The topological polar surface area (TPSA) is 144 Å². The number of ether oxygens (including phenoxy) is 1. The zero-order chi connectivity index (χ0) is 27.4. The minimum atomic E-state index is -0.949. The van der Waals surface area contributed by atoms with Crippen molar-refractivity contribution in [2.24, 2.45) is 11.8 Å². The maximum Gasteiger partial charge on any atom is 0.412 e. The molecule has 3 N–H and O–H groups in total. The predicted octanol–water partition coefficient (Wildman–Crippen LogP) is 6.15. The van der Waals surface area contributed by atoms with Gasteiger partial charge in [-0.2, -0.15) is 0 Å². The number of rotatable bonds is 7. The average molecular weight is 541 g/mol. The van der Waals surface area contributed by atoms with Crippen molar-refractivity contribution in [3.05, 3.63) is 58.4 Å². The van der Waals surface area contributed by atoms with E-state index in [9.17, 15) is 19.5 Å². The number of nitrogens with one attached hydrogen (secondary N) is 2. The summed E-state index contributed by atoms with van der Waals surface area (Å²) in [4.78, 5) is 41.6. The van der Waals surface area contributed by atoms with Gasteiger partial charge in [0.05, 0.1) is 23.2 Å². The van der Waals surface area contributed by atoms with E-state index in [0.717, 1.165) is 12.8 Å². The molecule has 11 heteroatoms. The Balaban J connectivity index is 1.47. The second kappa shape index (κ2) is 11.6. The van der Waals surface area contributed by atoms with Crippen LogP contribution in [0.3, 0.4) is 0 Å². The van der Waals surface area contributed by atoms with Crippen LogP contribution in [0.25, 0.3) is 11.5 Å². The summed E-state index contributed by atoms with van der Waals surface area (Å²) < 4.78 is 10.9. The van der Waals surface area contributed by atoms with Crippen molar-refractivity contribution in [3.8, 4) is 11.5 Å². The number of benzene rings is 1. The van der Waals surface area contributed by atoms with E-state index in [1.165, 1.54) is 0 Å². The van der Waals surface area contributed by atoms with Crippen molar-refractivity contribution in [2.75, 3.05) is 10.6 Å². The zero-order valence-corrected chi connectivity index (χ0v) is 22.0. The number of hydrogen-bond donors (Lipinski definition) is 3. The number of halogens is 1. The van der Waals surface area contributed by atoms with E-state index in [2.05, 4.69) is 20.8 Å². The van der Waals surface area contributed by atoms with Gasteiger partial charge in [0.25, 0.3) is 0 Å². The third-order valence-corrected chi connectivity index (χ3v) is 7.06. The highest BCUT2D eigenvalue weighted by Crippen LogP contribution is 2.34.